The van der Waals surface area contributed by atoms with Crippen LogP contribution in [0.2, 0.25) is 5.02 Å². The van der Waals surface area contributed by atoms with Crippen molar-refractivity contribution < 1.29 is 4.74 Å². The number of rotatable bonds is 6. The number of nitrogens with zero attached hydrogens (tertiary/aromatic N) is 1. The van der Waals surface area contributed by atoms with E-state index in [0.29, 0.717) is 11.6 Å². The minimum Gasteiger partial charge on any atom is -0.494 e. The molecule has 2 rings (SSSR count). The molecule has 0 unspecified atom stereocenters. The van der Waals surface area contributed by atoms with Gasteiger partial charge >= 0.3 is 0 Å². The number of pyridine rings is 1. The van der Waals surface area contributed by atoms with Crippen LogP contribution in [0.4, 0.5) is 5.82 Å². The lowest BCUT2D eigenvalue weighted by molar-refractivity contribution is 0.315. The van der Waals surface area contributed by atoms with Crippen molar-refractivity contribution in [3.8, 4) is 5.75 Å². The van der Waals surface area contributed by atoms with Crippen LogP contribution in [-0.2, 0) is 0 Å². The van der Waals surface area contributed by atoms with Crippen LogP contribution in [0.5, 0.6) is 5.75 Å². The molecular formula is C14H15ClN2O. The second kappa shape index (κ2) is 6.87. The molecule has 94 valence electrons. The van der Waals surface area contributed by atoms with Gasteiger partial charge < -0.3 is 10.1 Å². The zero-order valence-corrected chi connectivity index (χ0v) is 10.7. The third kappa shape index (κ3) is 3.93. The van der Waals surface area contributed by atoms with Gasteiger partial charge in [-0.3, -0.25) is 0 Å². The number of hydrogen-bond donors (Lipinski definition) is 1. The second-order valence-electron chi connectivity index (χ2n) is 3.78. The summed E-state index contributed by atoms with van der Waals surface area (Å²) in [6, 6.07) is 13.4. The number of halogens is 1. The number of benzene rings is 1. The summed E-state index contributed by atoms with van der Waals surface area (Å²) in [5.74, 6) is 1.62. The Morgan fingerprint density at radius 3 is 2.72 bits per heavy atom. The highest BCUT2D eigenvalue weighted by atomic mass is 35.5. The molecule has 18 heavy (non-hydrogen) atoms. The van der Waals surface area contributed by atoms with Crippen LogP contribution in [0.1, 0.15) is 6.42 Å². The van der Waals surface area contributed by atoms with Crippen molar-refractivity contribution in [1.82, 2.24) is 4.98 Å². The highest BCUT2D eigenvalue weighted by Crippen LogP contribution is 2.17. The van der Waals surface area contributed by atoms with Crippen LogP contribution in [-0.4, -0.2) is 18.1 Å². The van der Waals surface area contributed by atoms with E-state index in [0.717, 1.165) is 24.5 Å². The molecule has 0 aliphatic rings. The summed E-state index contributed by atoms with van der Waals surface area (Å²) in [4.78, 5) is 4.15. The lowest BCUT2D eigenvalue weighted by Gasteiger charge is -2.08. The van der Waals surface area contributed by atoms with Gasteiger partial charge in [-0.05, 0) is 30.7 Å². The van der Waals surface area contributed by atoms with Crippen molar-refractivity contribution in [2.45, 2.75) is 6.42 Å². The molecule has 0 saturated carbocycles. The van der Waals surface area contributed by atoms with Crippen molar-refractivity contribution in [2.24, 2.45) is 0 Å². The molecule has 0 radical (unpaired) electrons. The largest absolute Gasteiger partial charge is 0.494 e. The maximum absolute atomic E-state index is 5.98. The first kappa shape index (κ1) is 12.7. The Kier molecular flexibility index (Phi) is 4.85. The predicted octanol–water partition coefficient (Wildman–Crippen LogP) is 3.62. The summed E-state index contributed by atoms with van der Waals surface area (Å²) >= 11 is 5.98. The molecule has 0 saturated heterocycles. The summed E-state index contributed by atoms with van der Waals surface area (Å²) in [6.45, 7) is 1.45. The summed E-state index contributed by atoms with van der Waals surface area (Å²) in [7, 11) is 0. The first-order valence-corrected chi connectivity index (χ1v) is 6.26. The van der Waals surface area contributed by atoms with Gasteiger partial charge in [-0.15, -0.1) is 0 Å². The van der Waals surface area contributed by atoms with Crippen molar-refractivity contribution in [2.75, 3.05) is 18.5 Å². The van der Waals surface area contributed by atoms with E-state index < -0.39 is 0 Å². The molecule has 2 aromatic rings. The topological polar surface area (TPSA) is 34.2 Å². The molecule has 0 aliphatic carbocycles. The predicted molar refractivity (Wildman–Crippen MR) is 74.3 cm³/mol. The highest BCUT2D eigenvalue weighted by molar-refractivity contribution is 6.32. The quantitative estimate of drug-likeness (QED) is 0.808. The number of nitrogens with one attached hydrogen (secondary N) is 1. The normalized spacial score (nSPS) is 10.1. The molecule has 0 amide bonds. The second-order valence-corrected chi connectivity index (χ2v) is 4.18. The van der Waals surface area contributed by atoms with E-state index in [4.69, 9.17) is 16.3 Å². The van der Waals surface area contributed by atoms with Gasteiger partial charge in [0.2, 0.25) is 0 Å². The molecule has 1 aromatic heterocycles. The molecule has 0 spiro atoms. The number of aromatic nitrogens is 1. The Hall–Kier alpha value is -1.74. The minimum absolute atomic E-state index is 0.640. The van der Waals surface area contributed by atoms with Gasteiger partial charge in [0.15, 0.2) is 0 Å². The molecule has 1 aromatic carbocycles. The van der Waals surface area contributed by atoms with Crippen LogP contribution in [0.25, 0.3) is 0 Å². The zero-order chi connectivity index (χ0) is 12.6. The minimum atomic E-state index is 0.640. The first-order chi connectivity index (χ1) is 8.86. The molecule has 1 heterocycles. The fourth-order valence-electron chi connectivity index (χ4n) is 1.50. The fourth-order valence-corrected chi connectivity index (χ4v) is 1.69. The maximum atomic E-state index is 5.98. The number of ether oxygens (including phenoxy) is 1. The van der Waals surface area contributed by atoms with E-state index in [1.807, 2.05) is 42.5 Å². The lowest BCUT2D eigenvalue weighted by Crippen LogP contribution is -2.08. The van der Waals surface area contributed by atoms with Crippen LogP contribution in [0, 0.1) is 0 Å². The zero-order valence-electron chi connectivity index (χ0n) is 9.97. The van der Waals surface area contributed by atoms with E-state index in [9.17, 15) is 0 Å². The van der Waals surface area contributed by atoms with Crippen LogP contribution in [0.15, 0.2) is 48.7 Å². The average Bonchev–Trinajstić information content (AvgIpc) is 2.42. The molecule has 0 fully saturated rings. The Morgan fingerprint density at radius 1 is 1.11 bits per heavy atom. The van der Waals surface area contributed by atoms with Gasteiger partial charge in [-0.1, -0.05) is 29.8 Å². The van der Waals surface area contributed by atoms with Crippen molar-refractivity contribution >= 4 is 17.4 Å². The molecule has 0 atom stereocenters. The third-order valence-electron chi connectivity index (χ3n) is 2.38. The van der Waals surface area contributed by atoms with Gasteiger partial charge in [-0.25, -0.2) is 4.98 Å². The molecule has 3 nitrogen and oxygen atoms in total. The SMILES string of the molecule is Clc1cccnc1NCCCOc1ccccc1. The van der Waals surface area contributed by atoms with Crippen molar-refractivity contribution in [3.63, 3.8) is 0 Å². The molecule has 4 heteroatoms. The van der Waals surface area contributed by atoms with E-state index in [1.54, 1.807) is 6.20 Å². The number of hydrogen-bond acceptors (Lipinski definition) is 3. The first-order valence-electron chi connectivity index (χ1n) is 5.88. The van der Waals surface area contributed by atoms with Gasteiger partial charge in [-0.2, -0.15) is 0 Å². The summed E-state index contributed by atoms with van der Waals surface area (Å²) in [5.41, 5.74) is 0. The van der Waals surface area contributed by atoms with Crippen LogP contribution in [0.3, 0.4) is 0 Å². The number of para-hydroxylation sites is 1. The maximum Gasteiger partial charge on any atom is 0.144 e. The summed E-state index contributed by atoms with van der Waals surface area (Å²) < 4.78 is 5.58. The van der Waals surface area contributed by atoms with Crippen LogP contribution >= 0.6 is 11.6 Å². The third-order valence-corrected chi connectivity index (χ3v) is 2.69. The lowest BCUT2D eigenvalue weighted by atomic mass is 10.3. The fraction of sp³-hybridized carbons (Fsp3) is 0.214. The van der Waals surface area contributed by atoms with E-state index in [-0.39, 0.29) is 0 Å². The smallest absolute Gasteiger partial charge is 0.144 e. The molecule has 0 aliphatic heterocycles. The summed E-state index contributed by atoms with van der Waals surface area (Å²) in [5, 5.41) is 3.82. The van der Waals surface area contributed by atoms with Crippen molar-refractivity contribution in [1.29, 1.82) is 0 Å². The Balaban J connectivity index is 1.66. The highest BCUT2D eigenvalue weighted by Gasteiger charge is 1.98. The van der Waals surface area contributed by atoms with Gasteiger partial charge in [0.1, 0.15) is 11.6 Å². The monoisotopic (exact) mass is 262 g/mol. The van der Waals surface area contributed by atoms with Gasteiger partial charge in [0.25, 0.3) is 0 Å². The summed E-state index contributed by atoms with van der Waals surface area (Å²) in [6.07, 6.45) is 2.61. The number of anilines is 1. The van der Waals surface area contributed by atoms with Gasteiger partial charge in [0.05, 0.1) is 11.6 Å². The van der Waals surface area contributed by atoms with Crippen molar-refractivity contribution in [3.05, 3.63) is 53.7 Å². The molecule has 1 N–H and O–H groups in total. The van der Waals surface area contributed by atoms with Gasteiger partial charge in [0, 0.05) is 12.7 Å². The Morgan fingerprint density at radius 2 is 1.94 bits per heavy atom. The van der Waals surface area contributed by atoms with E-state index in [2.05, 4.69) is 10.3 Å². The molecular weight excluding hydrogens is 248 g/mol. The molecule has 0 bridgehead atoms. The Labute approximate surface area is 112 Å². The average molecular weight is 263 g/mol. The Bertz CT molecular complexity index is 476. The van der Waals surface area contributed by atoms with Crippen LogP contribution < -0.4 is 10.1 Å². The standard InChI is InChI=1S/C14H15ClN2O/c15-13-8-4-9-16-14(13)17-10-5-11-18-12-6-2-1-3-7-12/h1-4,6-9H,5,10-11H2,(H,16,17). The van der Waals surface area contributed by atoms with E-state index in [1.165, 1.54) is 0 Å². The van der Waals surface area contributed by atoms with E-state index >= 15 is 0 Å².